The molecule has 1 aromatic heterocycles. The first-order valence-electron chi connectivity index (χ1n) is 4.74. The van der Waals surface area contributed by atoms with Gasteiger partial charge in [-0.2, -0.15) is 0 Å². The monoisotopic (exact) mass is 470 g/mol. The van der Waals surface area contributed by atoms with Gasteiger partial charge in [0.05, 0.1) is 8.61 Å². The molecule has 84 valence electrons. The van der Waals surface area contributed by atoms with E-state index in [9.17, 15) is 0 Å². The minimum Gasteiger partial charge on any atom is -0.131 e. The third kappa shape index (κ3) is 2.71. The molecule has 1 aromatic carbocycles. The number of hydrogen-bond acceptors (Lipinski definition) is 1. The van der Waals surface area contributed by atoms with Crippen molar-refractivity contribution in [3.8, 4) is 0 Å². The van der Waals surface area contributed by atoms with Crippen LogP contribution in [0.2, 0.25) is 0 Å². The summed E-state index contributed by atoms with van der Waals surface area (Å²) < 4.78 is 2.52. The summed E-state index contributed by atoms with van der Waals surface area (Å²) in [5, 5.41) is 0. The molecule has 0 bridgehead atoms. The Balaban J connectivity index is 2.39. The van der Waals surface area contributed by atoms with E-state index in [4.69, 9.17) is 0 Å². The Kier molecular flexibility index (Phi) is 4.49. The van der Waals surface area contributed by atoms with Crippen LogP contribution in [0.3, 0.4) is 0 Å². The van der Waals surface area contributed by atoms with Crippen molar-refractivity contribution < 1.29 is 0 Å². The van der Waals surface area contributed by atoms with Crippen LogP contribution in [-0.4, -0.2) is 0 Å². The van der Waals surface area contributed by atoms with Gasteiger partial charge >= 0.3 is 0 Å². The third-order valence-electron chi connectivity index (χ3n) is 2.30. The lowest BCUT2D eigenvalue weighted by molar-refractivity contribution is 1.20. The molecule has 0 nitrogen and oxygen atoms in total. The Labute approximate surface area is 130 Å². The van der Waals surface area contributed by atoms with Crippen LogP contribution in [0.25, 0.3) is 0 Å². The zero-order valence-corrected chi connectivity index (χ0v) is 14.7. The molecule has 2 rings (SSSR count). The summed E-state index contributed by atoms with van der Waals surface area (Å²) >= 11 is 11.5. The normalized spacial score (nSPS) is 12.8. The number of rotatable bonds is 2. The smallest absolute Gasteiger partial charge is 0.0748 e. The minimum absolute atomic E-state index is 0.288. The molecule has 0 N–H and O–H groups in total. The van der Waals surface area contributed by atoms with Crippen LogP contribution in [0, 0.1) is 10.5 Å². The highest BCUT2D eigenvalue weighted by Crippen LogP contribution is 2.40. The Hall–Kier alpha value is 0.610. The minimum atomic E-state index is 0.288. The molecular formula is C12H9Br2IS. The molecule has 0 spiro atoms. The first-order valence-corrected chi connectivity index (χ1v) is 8.34. The fourth-order valence-electron chi connectivity index (χ4n) is 1.44. The van der Waals surface area contributed by atoms with Crippen molar-refractivity contribution in [1.82, 2.24) is 0 Å². The average Bonchev–Trinajstić information content (AvgIpc) is 2.59. The highest BCUT2D eigenvalue weighted by Gasteiger charge is 2.16. The molecule has 0 amide bonds. The molecular weight excluding hydrogens is 463 g/mol. The number of hydrogen-bond donors (Lipinski definition) is 0. The van der Waals surface area contributed by atoms with Crippen molar-refractivity contribution in [2.24, 2.45) is 0 Å². The molecule has 0 radical (unpaired) electrons. The number of halogens is 3. The van der Waals surface area contributed by atoms with Gasteiger partial charge in [-0.3, -0.25) is 0 Å². The molecule has 0 aliphatic carbocycles. The quantitative estimate of drug-likeness (QED) is 0.377. The second-order valence-corrected chi connectivity index (χ2v) is 7.97. The molecule has 0 saturated carbocycles. The lowest BCUT2D eigenvalue weighted by Gasteiger charge is -2.09. The lowest BCUT2D eigenvalue weighted by Crippen LogP contribution is -1.92. The molecule has 1 atom stereocenters. The summed E-state index contributed by atoms with van der Waals surface area (Å²) in [6, 6.07) is 10.7. The predicted octanol–water partition coefficient (Wildman–Crippen LogP) is 5.91. The summed E-state index contributed by atoms with van der Waals surface area (Å²) in [5.41, 5.74) is 2.63. The maximum Gasteiger partial charge on any atom is 0.0748 e. The van der Waals surface area contributed by atoms with E-state index in [1.165, 1.54) is 23.4 Å². The van der Waals surface area contributed by atoms with Crippen LogP contribution in [-0.2, 0) is 0 Å². The van der Waals surface area contributed by atoms with Gasteiger partial charge in [-0.25, -0.2) is 0 Å². The second kappa shape index (κ2) is 5.50. The largest absolute Gasteiger partial charge is 0.131 e. The van der Waals surface area contributed by atoms with Crippen molar-refractivity contribution in [1.29, 1.82) is 0 Å². The first kappa shape index (κ1) is 13.1. The number of thiophene rings is 1. The Bertz CT molecular complexity index is 488. The molecule has 4 heteroatoms. The van der Waals surface area contributed by atoms with E-state index in [2.05, 4.69) is 91.7 Å². The molecule has 0 saturated heterocycles. The second-order valence-electron chi connectivity index (χ2n) is 3.49. The van der Waals surface area contributed by atoms with Gasteiger partial charge in [0.1, 0.15) is 0 Å². The van der Waals surface area contributed by atoms with Crippen LogP contribution < -0.4 is 0 Å². The molecule has 0 aliphatic heterocycles. The van der Waals surface area contributed by atoms with Gasteiger partial charge in [-0.05, 0) is 68.7 Å². The lowest BCUT2D eigenvalue weighted by atomic mass is 10.1. The summed E-state index contributed by atoms with van der Waals surface area (Å²) in [5.74, 6) is 0. The number of aryl methyl sites for hydroxylation is 1. The molecule has 16 heavy (non-hydrogen) atoms. The van der Waals surface area contributed by atoms with Gasteiger partial charge < -0.3 is 0 Å². The third-order valence-corrected chi connectivity index (χ3v) is 6.78. The van der Waals surface area contributed by atoms with Gasteiger partial charge in [0.15, 0.2) is 0 Å². The van der Waals surface area contributed by atoms with E-state index in [-0.39, 0.29) is 4.83 Å². The maximum absolute atomic E-state index is 3.78. The van der Waals surface area contributed by atoms with Crippen molar-refractivity contribution in [2.45, 2.75) is 11.8 Å². The molecule has 0 aliphatic rings. The summed E-state index contributed by atoms with van der Waals surface area (Å²) in [7, 11) is 0. The van der Waals surface area contributed by atoms with Crippen LogP contribution >= 0.6 is 65.8 Å². The average molecular weight is 472 g/mol. The topological polar surface area (TPSA) is 0 Å². The van der Waals surface area contributed by atoms with Crippen LogP contribution in [0.1, 0.15) is 20.8 Å². The maximum atomic E-state index is 3.78. The fourth-order valence-corrected chi connectivity index (χ4v) is 4.95. The van der Waals surface area contributed by atoms with Crippen LogP contribution in [0.15, 0.2) is 34.1 Å². The van der Waals surface area contributed by atoms with Crippen molar-refractivity contribution in [3.05, 3.63) is 53.7 Å². The van der Waals surface area contributed by atoms with E-state index >= 15 is 0 Å². The zero-order valence-electron chi connectivity index (χ0n) is 8.51. The van der Waals surface area contributed by atoms with Gasteiger partial charge in [0.2, 0.25) is 0 Å². The van der Waals surface area contributed by atoms with Crippen molar-refractivity contribution in [2.75, 3.05) is 0 Å². The van der Waals surface area contributed by atoms with Gasteiger partial charge in [0.25, 0.3) is 0 Å². The highest BCUT2D eigenvalue weighted by atomic mass is 127. The number of alkyl halides is 1. The molecule has 0 fully saturated rings. The van der Waals surface area contributed by atoms with Gasteiger partial charge in [0, 0.05) is 8.45 Å². The first-order chi connectivity index (χ1) is 7.59. The Morgan fingerprint density at radius 3 is 2.56 bits per heavy atom. The van der Waals surface area contributed by atoms with Crippen molar-refractivity contribution >= 4 is 65.8 Å². The summed E-state index contributed by atoms with van der Waals surface area (Å²) in [6.45, 7) is 2.12. The van der Waals surface area contributed by atoms with Gasteiger partial charge in [-0.15, -0.1) is 11.3 Å². The van der Waals surface area contributed by atoms with E-state index in [1.54, 1.807) is 11.3 Å². The molecule has 2 aromatic rings. The predicted molar refractivity (Wildman–Crippen MR) is 86.7 cm³/mol. The fraction of sp³-hybridized carbons (Fsp3) is 0.167. The standard InChI is InChI=1S/C12H9Br2IS/c1-7-6-10(16-12(7)14)11(13)8-4-2-3-5-9(8)15/h2-6,11H,1H3. The van der Waals surface area contributed by atoms with Crippen LogP contribution in [0.5, 0.6) is 0 Å². The van der Waals surface area contributed by atoms with E-state index in [0.29, 0.717) is 0 Å². The van der Waals surface area contributed by atoms with Crippen LogP contribution in [0.4, 0.5) is 0 Å². The molecule has 1 heterocycles. The van der Waals surface area contributed by atoms with Gasteiger partial charge in [-0.1, -0.05) is 34.1 Å². The van der Waals surface area contributed by atoms with E-state index < -0.39 is 0 Å². The Morgan fingerprint density at radius 1 is 1.31 bits per heavy atom. The molecule has 1 unspecified atom stereocenters. The highest BCUT2D eigenvalue weighted by molar-refractivity contribution is 14.1. The Morgan fingerprint density at radius 2 is 2.00 bits per heavy atom. The summed E-state index contributed by atoms with van der Waals surface area (Å²) in [4.78, 5) is 1.63. The SMILES string of the molecule is Cc1cc(C(Br)c2ccccc2I)sc1Br. The zero-order chi connectivity index (χ0) is 11.7. The number of benzene rings is 1. The van der Waals surface area contributed by atoms with E-state index in [1.807, 2.05) is 0 Å². The van der Waals surface area contributed by atoms with Crippen molar-refractivity contribution in [3.63, 3.8) is 0 Å². The summed E-state index contributed by atoms with van der Waals surface area (Å²) in [6.07, 6.45) is 0. The van der Waals surface area contributed by atoms with E-state index in [0.717, 1.165) is 0 Å².